The molecule has 25 heavy (non-hydrogen) atoms. The normalized spacial score (nSPS) is 11.8. The molecule has 0 atom stereocenters. The second-order valence-electron chi connectivity index (χ2n) is 6.51. The van der Waals surface area contributed by atoms with Gasteiger partial charge >= 0.3 is 5.97 Å². The van der Waals surface area contributed by atoms with Gasteiger partial charge in [0.05, 0.1) is 6.54 Å². The molecule has 1 aromatic heterocycles. The van der Waals surface area contributed by atoms with E-state index in [1.54, 1.807) is 7.05 Å². The van der Waals surface area contributed by atoms with Gasteiger partial charge in [-0.25, -0.2) is 0 Å². The third-order valence-electron chi connectivity index (χ3n) is 3.40. The van der Waals surface area contributed by atoms with Crippen LogP contribution in [0.4, 0.5) is 0 Å². The van der Waals surface area contributed by atoms with E-state index in [4.69, 9.17) is 9.15 Å². The van der Waals surface area contributed by atoms with Crippen molar-refractivity contribution in [2.75, 3.05) is 13.6 Å². The minimum atomic E-state index is -0.499. The van der Waals surface area contributed by atoms with Gasteiger partial charge in [0.1, 0.15) is 23.5 Å². The number of nitrogens with one attached hydrogen (secondary N) is 2. The zero-order valence-electron chi connectivity index (χ0n) is 15.3. The Hall–Kier alpha value is -1.77. The van der Waals surface area contributed by atoms with Gasteiger partial charge in [-0.05, 0) is 33.8 Å². The number of guanidine groups is 1. The highest BCUT2D eigenvalue weighted by Gasteiger charge is 2.16. The van der Waals surface area contributed by atoms with Gasteiger partial charge in [0.25, 0.3) is 0 Å². The number of hydrogen-bond donors (Lipinski definition) is 2. The number of aliphatic imine (C=N–C) groups is 1. The lowest BCUT2D eigenvalue weighted by atomic mass is 10.1. The summed E-state index contributed by atoms with van der Waals surface area (Å²) in [6, 6.07) is 7.92. The number of carbonyl (C=O) groups excluding carboxylic acids is 1. The van der Waals surface area contributed by atoms with Crippen molar-refractivity contribution in [2.45, 2.75) is 39.8 Å². The number of halogens is 1. The molecule has 0 bridgehead atoms. The van der Waals surface area contributed by atoms with Crippen LogP contribution in [0.5, 0.6) is 0 Å². The summed E-state index contributed by atoms with van der Waals surface area (Å²) < 4.78 is 11.1. The maximum absolute atomic E-state index is 11.7. The molecule has 0 amide bonds. The predicted molar refractivity (Wildman–Crippen MR) is 110 cm³/mol. The summed E-state index contributed by atoms with van der Waals surface area (Å²) in [4.78, 5) is 15.8. The molecule has 0 unspecified atom stereocenters. The summed E-state index contributed by atoms with van der Waals surface area (Å²) in [6.45, 7) is 8.07. The van der Waals surface area contributed by atoms with Gasteiger partial charge in [-0.2, -0.15) is 0 Å². The number of hydrogen-bond acceptors (Lipinski definition) is 4. The van der Waals surface area contributed by atoms with Crippen LogP contribution in [-0.2, 0) is 16.1 Å². The molecule has 0 saturated carbocycles. The molecule has 0 aliphatic rings. The van der Waals surface area contributed by atoms with Gasteiger partial charge < -0.3 is 19.8 Å². The number of aryl methyl sites for hydroxylation is 1. The van der Waals surface area contributed by atoms with Crippen LogP contribution >= 0.6 is 24.0 Å². The van der Waals surface area contributed by atoms with E-state index < -0.39 is 5.60 Å². The highest BCUT2D eigenvalue weighted by molar-refractivity contribution is 14.0. The van der Waals surface area contributed by atoms with Crippen molar-refractivity contribution < 1.29 is 13.9 Å². The molecule has 1 heterocycles. The van der Waals surface area contributed by atoms with Crippen molar-refractivity contribution >= 4 is 46.9 Å². The molecule has 138 valence electrons. The Balaban J connectivity index is 0.00000312. The largest absolute Gasteiger partial charge is 0.459 e. The van der Waals surface area contributed by atoms with Gasteiger partial charge in [-0.1, -0.05) is 18.2 Å². The SMILES string of the molecule is CN=C(NCC(=O)OC(C)(C)C)NCc1oc2ccccc2c1C.I. The fourth-order valence-corrected chi connectivity index (χ4v) is 2.31. The van der Waals surface area contributed by atoms with Crippen LogP contribution in [0.15, 0.2) is 33.7 Å². The molecule has 7 heteroatoms. The third-order valence-corrected chi connectivity index (χ3v) is 3.40. The molecule has 0 saturated heterocycles. The van der Waals surface area contributed by atoms with Gasteiger partial charge in [0.15, 0.2) is 5.96 Å². The summed E-state index contributed by atoms with van der Waals surface area (Å²) >= 11 is 0. The lowest BCUT2D eigenvalue weighted by Crippen LogP contribution is -2.41. The maximum atomic E-state index is 11.7. The molecule has 0 spiro atoms. The smallest absolute Gasteiger partial charge is 0.325 e. The van der Waals surface area contributed by atoms with Crippen molar-refractivity contribution in [2.24, 2.45) is 4.99 Å². The van der Waals surface area contributed by atoms with Gasteiger partial charge in [0, 0.05) is 18.0 Å². The van der Waals surface area contributed by atoms with Crippen LogP contribution in [0.2, 0.25) is 0 Å². The minimum Gasteiger partial charge on any atom is -0.459 e. The second kappa shape index (κ2) is 9.07. The van der Waals surface area contributed by atoms with Crippen LogP contribution in [-0.4, -0.2) is 31.1 Å². The van der Waals surface area contributed by atoms with Crippen molar-refractivity contribution in [3.05, 3.63) is 35.6 Å². The van der Waals surface area contributed by atoms with Crippen LogP contribution in [0.1, 0.15) is 32.1 Å². The number of fused-ring (bicyclic) bond motifs is 1. The van der Waals surface area contributed by atoms with Crippen molar-refractivity contribution in [3.63, 3.8) is 0 Å². The topological polar surface area (TPSA) is 75.9 Å². The summed E-state index contributed by atoms with van der Waals surface area (Å²) in [6.07, 6.45) is 0. The second-order valence-corrected chi connectivity index (χ2v) is 6.51. The van der Waals surface area contributed by atoms with E-state index >= 15 is 0 Å². The van der Waals surface area contributed by atoms with E-state index in [-0.39, 0.29) is 36.5 Å². The quantitative estimate of drug-likeness (QED) is 0.318. The first-order valence-corrected chi connectivity index (χ1v) is 7.93. The Labute approximate surface area is 165 Å². The average Bonchev–Trinajstić information content (AvgIpc) is 2.83. The zero-order chi connectivity index (χ0) is 17.7. The zero-order valence-corrected chi connectivity index (χ0v) is 17.6. The molecule has 2 N–H and O–H groups in total. The first-order chi connectivity index (χ1) is 11.3. The molecule has 0 fully saturated rings. The Morgan fingerprint density at radius 2 is 1.92 bits per heavy atom. The number of furan rings is 1. The van der Waals surface area contributed by atoms with E-state index in [1.807, 2.05) is 52.0 Å². The van der Waals surface area contributed by atoms with Crippen LogP contribution in [0.3, 0.4) is 0 Å². The summed E-state index contributed by atoms with van der Waals surface area (Å²) in [5.41, 5.74) is 1.46. The molecule has 6 nitrogen and oxygen atoms in total. The van der Waals surface area contributed by atoms with Gasteiger partial charge in [-0.15, -0.1) is 24.0 Å². The van der Waals surface area contributed by atoms with Crippen molar-refractivity contribution in [1.82, 2.24) is 10.6 Å². The first kappa shape index (κ1) is 21.3. The van der Waals surface area contributed by atoms with Crippen molar-refractivity contribution in [1.29, 1.82) is 0 Å². The monoisotopic (exact) mass is 459 g/mol. The highest BCUT2D eigenvalue weighted by Crippen LogP contribution is 2.24. The Kier molecular flexibility index (Phi) is 7.72. The van der Waals surface area contributed by atoms with Gasteiger partial charge in [0.2, 0.25) is 0 Å². The Morgan fingerprint density at radius 3 is 2.52 bits per heavy atom. The molecule has 2 aromatic rings. The van der Waals surface area contributed by atoms with Crippen LogP contribution < -0.4 is 10.6 Å². The molecule has 0 radical (unpaired) electrons. The number of benzene rings is 1. The lowest BCUT2D eigenvalue weighted by molar-refractivity contribution is -0.153. The molecular weight excluding hydrogens is 433 g/mol. The number of carbonyl (C=O) groups is 1. The summed E-state index contributed by atoms with van der Waals surface area (Å²) in [5.74, 6) is 1.03. The van der Waals surface area contributed by atoms with Crippen molar-refractivity contribution in [3.8, 4) is 0 Å². The standard InChI is InChI=1S/C18H25N3O3.HI/c1-12-13-8-6-7-9-14(13)23-15(12)10-20-17(19-5)21-11-16(22)24-18(2,3)4;/h6-9H,10-11H2,1-5H3,(H2,19,20,21);1H. The third kappa shape index (κ3) is 6.22. The Morgan fingerprint density at radius 1 is 1.24 bits per heavy atom. The van der Waals surface area contributed by atoms with Gasteiger partial charge in [-0.3, -0.25) is 9.79 Å². The lowest BCUT2D eigenvalue weighted by Gasteiger charge is -2.20. The first-order valence-electron chi connectivity index (χ1n) is 7.93. The molecule has 2 rings (SSSR count). The summed E-state index contributed by atoms with van der Waals surface area (Å²) in [7, 11) is 1.65. The van der Waals surface area contributed by atoms with E-state index in [2.05, 4.69) is 15.6 Å². The van der Waals surface area contributed by atoms with E-state index in [0.717, 1.165) is 22.3 Å². The molecular formula is C18H26IN3O3. The minimum absolute atomic E-state index is 0. The Bertz CT molecular complexity index is 748. The number of rotatable bonds is 4. The summed E-state index contributed by atoms with van der Waals surface area (Å²) in [5, 5.41) is 7.18. The molecule has 0 aliphatic carbocycles. The number of ether oxygens (including phenoxy) is 1. The van der Waals surface area contributed by atoms with E-state index in [1.165, 1.54) is 0 Å². The number of para-hydroxylation sites is 1. The molecule has 1 aromatic carbocycles. The van der Waals surface area contributed by atoms with Crippen LogP contribution in [0, 0.1) is 6.92 Å². The maximum Gasteiger partial charge on any atom is 0.325 e. The molecule has 0 aliphatic heterocycles. The highest BCUT2D eigenvalue weighted by atomic mass is 127. The number of nitrogens with zero attached hydrogens (tertiary/aromatic N) is 1. The fraction of sp³-hybridized carbons (Fsp3) is 0.444. The predicted octanol–water partition coefficient (Wildman–Crippen LogP) is 3.37. The number of esters is 1. The average molecular weight is 459 g/mol. The fourth-order valence-electron chi connectivity index (χ4n) is 2.31. The van der Waals surface area contributed by atoms with E-state index in [9.17, 15) is 4.79 Å². The van der Waals surface area contributed by atoms with Crippen LogP contribution in [0.25, 0.3) is 11.0 Å². The van der Waals surface area contributed by atoms with E-state index in [0.29, 0.717) is 12.5 Å².